The number of methoxy groups -OCH3 is 2. The summed E-state index contributed by atoms with van der Waals surface area (Å²) in [5.74, 6) is -0.382. The smallest absolute Gasteiger partial charge is 0.338 e. The predicted octanol–water partition coefficient (Wildman–Crippen LogP) is 4.19. The lowest BCUT2D eigenvalue weighted by Gasteiger charge is -2.19. The molecule has 3 aromatic rings. The Labute approximate surface area is 223 Å². The number of carbonyl (C=O) groups excluding carboxylic acids is 2. The number of rotatable bonds is 13. The quantitative estimate of drug-likeness (QED) is 0.246. The lowest BCUT2D eigenvalue weighted by Crippen LogP contribution is -2.45. The summed E-state index contributed by atoms with van der Waals surface area (Å²) in [6, 6.07) is 18.4. The normalized spacial score (nSPS) is 11.9. The highest BCUT2D eigenvalue weighted by atomic mass is 32.2. The summed E-state index contributed by atoms with van der Waals surface area (Å²) in [5, 5.41) is 2.73. The molecule has 1 unspecified atom stereocenters. The third kappa shape index (κ3) is 7.80. The Morgan fingerprint density at radius 1 is 0.895 bits per heavy atom. The van der Waals surface area contributed by atoms with E-state index in [1.165, 1.54) is 32.4 Å². The van der Waals surface area contributed by atoms with Gasteiger partial charge in [0, 0.05) is 11.8 Å². The molecular formula is C28H32N2O7S. The molecule has 1 amide bonds. The maximum Gasteiger partial charge on any atom is 0.338 e. The molecule has 0 saturated heterocycles. The summed E-state index contributed by atoms with van der Waals surface area (Å²) in [6.07, 6.45) is 1.81. The molecule has 10 heteroatoms. The average molecular weight is 541 g/mol. The molecule has 1 atom stereocenters. The molecular weight excluding hydrogens is 508 g/mol. The summed E-state index contributed by atoms with van der Waals surface area (Å²) in [4.78, 5) is 25.3. The van der Waals surface area contributed by atoms with E-state index in [1.54, 1.807) is 24.3 Å². The van der Waals surface area contributed by atoms with Crippen LogP contribution in [-0.2, 0) is 26.0 Å². The maximum absolute atomic E-state index is 13.3. The van der Waals surface area contributed by atoms with Gasteiger partial charge >= 0.3 is 5.97 Å². The van der Waals surface area contributed by atoms with Crippen molar-refractivity contribution in [2.75, 3.05) is 26.1 Å². The molecule has 3 aromatic carbocycles. The fourth-order valence-corrected chi connectivity index (χ4v) is 4.80. The van der Waals surface area contributed by atoms with Crippen molar-refractivity contribution >= 4 is 27.6 Å². The fourth-order valence-electron chi connectivity index (χ4n) is 3.59. The van der Waals surface area contributed by atoms with Crippen LogP contribution in [0, 0.1) is 0 Å². The number of hydrogen-bond donors (Lipinski definition) is 2. The fraction of sp³-hybridized carbons (Fsp3) is 0.286. The molecule has 0 aliphatic rings. The van der Waals surface area contributed by atoms with Crippen LogP contribution in [-0.4, -0.2) is 47.2 Å². The first kappa shape index (κ1) is 28.7. The van der Waals surface area contributed by atoms with Gasteiger partial charge in [-0.15, -0.1) is 0 Å². The van der Waals surface area contributed by atoms with E-state index in [-0.39, 0.29) is 17.1 Å². The monoisotopic (exact) mass is 540 g/mol. The molecule has 202 valence electrons. The van der Waals surface area contributed by atoms with Crippen LogP contribution in [0.2, 0.25) is 0 Å². The molecule has 0 bridgehead atoms. The third-order valence-electron chi connectivity index (χ3n) is 5.68. The van der Waals surface area contributed by atoms with Crippen molar-refractivity contribution in [2.24, 2.45) is 0 Å². The first-order chi connectivity index (χ1) is 18.3. The lowest BCUT2D eigenvalue weighted by atomic mass is 10.1. The van der Waals surface area contributed by atoms with E-state index in [0.29, 0.717) is 23.6 Å². The van der Waals surface area contributed by atoms with Gasteiger partial charge < -0.3 is 19.5 Å². The highest BCUT2D eigenvalue weighted by Crippen LogP contribution is 2.29. The van der Waals surface area contributed by atoms with Gasteiger partial charge in [-0.3, -0.25) is 4.79 Å². The Kier molecular flexibility index (Phi) is 10.3. The molecule has 0 radical (unpaired) electrons. The topological polar surface area (TPSA) is 120 Å². The summed E-state index contributed by atoms with van der Waals surface area (Å²) in [6.45, 7) is 2.35. The van der Waals surface area contributed by atoms with Crippen LogP contribution in [0.5, 0.6) is 11.5 Å². The molecule has 2 N–H and O–H groups in total. The molecule has 0 saturated carbocycles. The summed E-state index contributed by atoms with van der Waals surface area (Å²) in [7, 11) is -1.25. The highest BCUT2D eigenvalue weighted by Gasteiger charge is 2.27. The molecule has 9 nitrogen and oxygen atoms in total. The van der Waals surface area contributed by atoms with Crippen LogP contribution >= 0.6 is 0 Å². The lowest BCUT2D eigenvalue weighted by molar-refractivity contribution is -0.117. The van der Waals surface area contributed by atoms with Crippen LogP contribution < -0.4 is 19.5 Å². The van der Waals surface area contributed by atoms with Crippen LogP contribution in [0.4, 0.5) is 5.69 Å². The Balaban J connectivity index is 1.80. The standard InChI is InChI=1S/C28H32N2O7S/c1-4-5-17-37-28(32)21-11-13-22(14-12-21)29-27(31)24(18-20-9-7-6-8-10-20)30-38(33,34)23-15-16-25(35-2)26(19-23)36-3/h6-16,19,24,30H,4-5,17-18H2,1-3H3,(H,29,31). The van der Waals surface area contributed by atoms with Gasteiger partial charge in [0.1, 0.15) is 6.04 Å². The molecule has 3 rings (SSSR count). The maximum atomic E-state index is 13.3. The van der Waals surface area contributed by atoms with Crippen LogP contribution in [0.1, 0.15) is 35.7 Å². The van der Waals surface area contributed by atoms with E-state index in [2.05, 4.69) is 10.0 Å². The Bertz CT molecular complexity index is 1330. The van der Waals surface area contributed by atoms with E-state index < -0.39 is 27.9 Å². The number of hydrogen-bond acceptors (Lipinski definition) is 7. The second-order valence-corrected chi connectivity index (χ2v) is 10.2. The van der Waals surface area contributed by atoms with Crippen LogP contribution in [0.25, 0.3) is 0 Å². The van der Waals surface area contributed by atoms with Crippen molar-refractivity contribution in [1.29, 1.82) is 0 Å². The zero-order chi connectivity index (χ0) is 27.5. The second kappa shape index (κ2) is 13.6. The molecule has 0 spiro atoms. The number of sulfonamides is 1. The van der Waals surface area contributed by atoms with Gasteiger partial charge in [0.2, 0.25) is 15.9 Å². The van der Waals surface area contributed by atoms with Gasteiger partial charge in [-0.25, -0.2) is 13.2 Å². The number of unbranched alkanes of at least 4 members (excludes halogenated alkanes) is 1. The minimum absolute atomic E-state index is 0.0769. The van der Waals surface area contributed by atoms with E-state index in [4.69, 9.17) is 14.2 Å². The van der Waals surface area contributed by atoms with E-state index in [1.807, 2.05) is 37.3 Å². The molecule has 38 heavy (non-hydrogen) atoms. The number of carbonyl (C=O) groups is 2. The first-order valence-corrected chi connectivity index (χ1v) is 13.6. The van der Waals surface area contributed by atoms with Crippen molar-refractivity contribution < 1.29 is 32.2 Å². The van der Waals surface area contributed by atoms with E-state index in [0.717, 1.165) is 18.4 Å². The number of anilines is 1. The van der Waals surface area contributed by atoms with Crippen molar-refractivity contribution in [3.63, 3.8) is 0 Å². The summed E-state index contributed by atoms with van der Waals surface area (Å²) >= 11 is 0. The van der Waals surface area contributed by atoms with Crippen molar-refractivity contribution in [3.05, 3.63) is 83.9 Å². The van der Waals surface area contributed by atoms with Crippen molar-refractivity contribution in [3.8, 4) is 11.5 Å². The second-order valence-electron chi connectivity index (χ2n) is 8.44. The Hall–Kier alpha value is -3.89. The van der Waals surface area contributed by atoms with Gasteiger partial charge in [-0.2, -0.15) is 4.72 Å². The summed E-state index contributed by atoms with van der Waals surface area (Å²) in [5.41, 5.74) is 1.53. The SMILES string of the molecule is CCCCOC(=O)c1ccc(NC(=O)C(Cc2ccccc2)NS(=O)(=O)c2ccc(OC)c(OC)c2)cc1. The molecule has 0 aliphatic carbocycles. The zero-order valence-corrected chi connectivity index (χ0v) is 22.4. The highest BCUT2D eigenvalue weighted by molar-refractivity contribution is 7.89. The zero-order valence-electron chi connectivity index (χ0n) is 21.6. The number of ether oxygens (including phenoxy) is 3. The Morgan fingerprint density at radius 3 is 2.21 bits per heavy atom. The van der Waals surface area contributed by atoms with Crippen molar-refractivity contribution in [1.82, 2.24) is 4.72 Å². The van der Waals surface area contributed by atoms with E-state index >= 15 is 0 Å². The first-order valence-electron chi connectivity index (χ1n) is 12.1. The van der Waals surface area contributed by atoms with Gasteiger partial charge in [-0.1, -0.05) is 43.7 Å². The minimum Gasteiger partial charge on any atom is -0.493 e. The largest absolute Gasteiger partial charge is 0.493 e. The number of esters is 1. The molecule has 0 aliphatic heterocycles. The minimum atomic E-state index is -4.11. The van der Waals surface area contributed by atoms with Crippen LogP contribution in [0.15, 0.2) is 77.7 Å². The third-order valence-corrected chi connectivity index (χ3v) is 7.15. The van der Waals surface area contributed by atoms with Crippen molar-refractivity contribution in [2.45, 2.75) is 37.1 Å². The number of amides is 1. The summed E-state index contributed by atoms with van der Waals surface area (Å²) < 4.78 is 44.6. The van der Waals surface area contributed by atoms with Gasteiger partial charge in [-0.05, 0) is 54.8 Å². The number of benzene rings is 3. The average Bonchev–Trinajstić information content (AvgIpc) is 2.93. The number of nitrogens with one attached hydrogen (secondary N) is 2. The molecule has 0 aromatic heterocycles. The van der Waals surface area contributed by atoms with Gasteiger partial charge in [0.25, 0.3) is 0 Å². The van der Waals surface area contributed by atoms with Crippen LogP contribution in [0.3, 0.4) is 0 Å². The van der Waals surface area contributed by atoms with Gasteiger partial charge in [0.15, 0.2) is 11.5 Å². The molecule has 0 fully saturated rings. The van der Waals surface area contributed by atoms with Gasteiger partial charge in [0.05, 0.1) is 31.3 Å². The Morgan fingerprint density at radius 2 is 1.58 bits per heavy atom. The van der Waals surface area contributed by atoms with E-state index in [9.17, 15) is 18.0 Å². The molecule has 0 heterocycles. The predicted molar refractivity (Wildman–Crippen MR) is 144 cm³/mol.